The third kappa shape index (κ3) is 0.661. The zero-order valence-corrected chi connectivity index (χ0v) is 7.06. The van der Waals surface area contributed by atoms with Gasteiger partial charge in [-0.2, -0.15) is 0 Å². The van der Waals surface area contributed by atoms with Crippen LogP contribution in [0.2, 0.25) is 0 Å². The lowest BCUT2D eigenvalue weighted by Gasteiger charge is -2.50. The molecule has 0 aromatic rings. The van der Waals surface area contributed by atoms with Crippen molar-refractivity contribution >= 4 is 0 Å². The molecule has 0 aromatic carbocycles. The maximum atomic E-state index is 4.01. The molecule has 1 N–H and O–H groups in total. The van der Waals surface area contributed by atoms with E-state index in [0.29, 0.717) is 6.04 Å². The predicted octanol–water partition coefficient (Wildman–Crippen LogP) is 2.07. The lowest BCUT2D eigenvalue weighted by atomic mass is 9.68. The standard InChI is InChI=1S/C10H15N/c1-4-10(9-5-6-9)7(2)11-8(10)3/h4,8-9,11H,1-2,5-6H2,3H3. The van der Waals surface area contributed by atoms with Crippen LogP contribution in [0.5, 0.6) is 0 Å². The summed E-state index contributed by atoms with van der Waals surface area (Å²) in [5.41, 5.74) is 1.43. The largest absolute Gasteiger partial charge is 0.384 e. The quantitative estimate of drug-likeness (QED) is 0.593. The molecule has 11 heavy (non-hydrogen) atoms. The van der Waals surface area contributed by atoms with Crippen LogP contribution in [-0.2, 0) is 0 Å². The van der Waals surface area contributed by atoms with Gasteiger partial charge in [0.25, 0.3) is 0 Å². The summed E-state index contributed by atoms with van der Waals surface area (Å²) in [7, 11) is 0. The Hall–Kier alpha value is -0.720. The molecule has 1 heteroatoms. The molecule has 0 aromatic heterocycles. The van der Waals surface area contributed by atoms with E-state index in [4.69, 9.17) is 0 Å². The van der Waals surface area contributed by atoms with Crippen molar-refractivity contribution in [1.29, 1.82) is 0 Å². The third-order valence-electron chi connectivity index (χ3n) is 3.22. The van der Waals surface area contributed by atoms with E-state index in [2.05, 4.69) is 31.5 Å². The monoisotopic (exact) mass is 149 g/mol. The maximum absolute atomic E-state index is 4.01. The third-order valence-corrected chi connectivity index (χ3v) is 3.22. The average molecular weight is 149 g/mol. The van der Waals surface area contributed by atoms with Gasteiger partial charge in [-0.15, -0.1) is 6.58 Å². The van der Waals surface area contributed by atoms with E-state index in [1.54, 1.807) is 0 Å². The number of hydrogen-bond donors (Lipinski definition) is 1. The molecule has 1 heterocycles. The first-order valence-corrected chi connectivity index (χ1v) is 4.31. The Balaban J connectivity index is 2.26. The number of nitrogens with one attached hydrogen (secondary N) is 1. The molecule has 1 nitrogen and oxygen atoms in total. The fraction of sp³-hybridized carbons (Fsp3) is 0.600. The molecular weight excluding hydrogens is 134 g/mol. The first-order valence-electron chi connectivity index (χ1n) is 4.31. The summed E-state index contributed by atoms with van der Waals surface area (Å²) < 4.78 is 0. The fourth-order valence-electron chi connectivity index (χ4n) is 2.32. The second kappa shape index (κ2) is 1.90. The van der Waals surface area contributed by atoms with E-state index in [1.165, 1.54) is 18.5 Å². The van der Waals surface area contributed by atoms with Crippen molar-refractivity contribution in [2.24, 2.45) is 11.3 Å². The molecule has 0 amide bonds. The molecule has 2 rings (SSSR count). The van der Waals surface area contributed by atoms with E-state index in [9.17, 15) is 0 Å². The van der Waals surface area contributed by atoms with Crippen molar-refractivity contribution in [2.75, 3.05) is 0 Å². The molecule has 0 spiro atoms. The van der Waals surface area contributed by atoms with Crippen LogP contribution in [0.3, 0.4) is 0 Å². The number of hydrogen-bond acceptors (Lipinski definition) is 1. The summed E-state index contributed by atoms with van der Waals surface area (Å²) in [6.45, 7) is 10.1. The van der Waals surface area contributed by atoms with Gasteiger partial charge in [0.15, 0.2) is 0 Å². The maximum Gasteiger partial charge on any atom is 0.0498 e. The minimum atomic E-state index is 0.250. The van der Waals surface area contributed by atoms with Crippen molar-refractivity contribution in [3.05, 3.63) is 24.9 Å². The van der Waals surface area contributed by atoms with Crippen molar-refractivity contribution in [3.8, 4) is 0 Å². The molecule has 1 saturated carbocycles. The molecule has 0 bridgehead atoms. The summed E-state index contributed by atoms with van der Waals surface area (Å²) >= 11 is 0. The predicted molar refractivity (Wildman–Crippen MR) is 47.1 cm³/mol. The average Bonchev–Trinajstić information content (AvgIpc) is 2.73. The van der Waals surface area contributed by atoms with Crippen LogP contribution >= 0.6 is 0 Å². The van der Waals surface area contributed by atoms with E-state index in [1.807, 2.05) is 0 Å². The van der Waals surface area contributed by atoms with Gasteiger partial charge in [-0.1, -0.05) is 12.7 Å². The Morgan fingerprint density at radius 1 is 1.64 bits per heavy atom. The lowest BCUT2D eigenvalue weighted by Crippen LogP contribution is -2.58. The second-order valence-electron chi connectivity index (χ2n) is 3.76. The van der Waals surface area contributed by atoms with Crippen LogP contribution in [0.4, 0.5) is 0 Å². The van der Waals surface area contributed by atoms with Crippen LogP contribution in [0.1, 0.15) is 19.8 Å². The van der Waals surface area contributed by atoms with Gasteiger partial charge in [0.1, 0.15) is 0 Å². The van der Waals surface area contributed by atoms with Gasteiger partial charge in [-0.05, 0) is 25.7 Å². The van der Waals surface area contributed by atoms with Gasteiger partial charge in [0.2, 0.25) is 0 Å². The molecule has 1 aliphatic carbocycles. The van der Waals surface area contributed by atoms with Crippen molar-refractivity contribution < 1.29 is 0 Å². The Morgan fingerprint density at radius 2 is 2.27 bits per heavy atom. The fourth-order valence-corrected chi connectivity index (χ4v) is 2.32. The van der Waals surface area contributed by atoms with Crippen molar-refractivity contribution in [2.45, 2.75) is 25.8 Å². The molecule has 1 aliphatic heterocycles. The van der Waals surface area contributed by atoms with Gasteiger partial charge in [-0.25, -0.2) is 0 Å². The van der Waals surface area contributed by atoms with E-state index >= 15 is 0 Å². The SMILES string of the molecule is C=CC1(C2CC2)C(=C)NC1C. The molecule has 60 valence electrons. The normalized spacial score (nSPS) is 42.6. The topological polar surface area (TPSA) is 12.0 Å². The highest BCUT2D eigenvalue weighted by atomic mass is 15.1. The van der Waals surface area contributed by atoms with E-state index in [-0.39, 0.29) is 5.41 Å². The lowest BCUT2D eigenvalue weighted by molar-refractivity contribution is 0.194. The van der Waals surface area contributed by atoms with E-state index in [0.717, 1.165) is 5.92 Å². The molecule has 0 radical (unpaired) electrons. The highest BCUT2D eigenvalue weighted by molar-refractivity contribution is 5.33. The Morgan fingerprint density at radius 3 is 2.45 bits per heavy atom. The zero-order valence-electron chi connectivity index (χ0n) is 7.06. The number of rotatable bonds is 2. The molecule has 2 unspecified atom stereocenters. The van der Waals surface area contributed by atoms with Crippen LogP contribution in [0.15, 0.2) is 24.9 Å². The summed E-state index contributed by atoms with van der Waals surface area (Å²) in [4.78, 5) is 0. The molecule has 1 saturated heterocycles. The molecule has 2 atom stereocenters. The van der Waals surface area contributed by atoms with Crippen molar-refractivity contribution in [1.82, 2.24) is 5.32 Å². The summed E-state index contributed by atoms with van der Waals surface area (Å²) in [6, 6.07) is 0.556. The minimum Gasteiger partial charge on any atom is -0.384 e. The van der Waals surface area contributed by atoms with Crippen molar-refractivity contribution in [3.63, 3.8) is 0 Å². The highest BCUT2D eigenvalue weighted by Gasteiger charge is 2.54. The summed E-state index contributed by atoms with van der Waals surface area (Å²) in [6.07, 6.45) is 4.81. The Bertz CT molecular complexity index is 211. The van der Waals surface area contributed by atoms with Crippen LogP contribution in [0.25, 0.3) is 0 Å². The zero-order chi connectivity index (χ0) is 8.06. The van der Waals surface area contributed by atoms with Gasteiger partial charge in [0, 0.05) is 17.2 Å². The van der Waals surface area contributed by atoms with E-state index < -0.39 is 0 Å². The Kier molecular flexibility index (Phi) is 1.20. The van der Waals surface area contributed by atoms with Crippen LogP contribution < -0.4 is 5.32 Å². The highest BCUT2D eigenvalue weighted by Crippen LogP contribution is 2.56. The minimum absolute atomic E-state index is 0.250. The van der Waals surface area contributed by atoms with Crippen LogP contribution in [-0.4, -0.2) is 6.04 Å². The first-order chi connectivity index (χ1) is 5.21. The van der Waals surface area contributed by atoms with Gasteiger partial charge in [-0.3, -0.25) is 0 Å². The van der Waals surface area contributed by atoms with Gasteiger partial charge < -0.3 is 5.32 Å². The molecule has 2 fully saturated rings. The van der Waals surface area contributed by atoms with Gasteiger partial charge in [0.05, 0.1) is 0 Å². The summed E-state index contributed by atoms with van der Waals surface area (Å²) in [5.74, 6) is 0.837. The smallest absolute Gasteiger partial charge is 0.0498 e. The second-order valence-corrected chi connectivity index (χ2v) is 3.76. The molecule has 2 aliphatic rings. The first kappa shape index (κ1) is 6.96. The summed E-state index contributed by atoms with van der Waals surface area (Å²) in [5, 5.41) is 3.30. The van der Waals surface area contributed by atoms with Gasteiger partial charge >= 0.3 is 0 Å². The molecular formula is C10H15N. The van der Waals surface area contributed by atoms with Crippen LogP contribution in [0, 0.1) is 11.3 Å². The Labute approximate surface area is 68.2 Å².